The van der Waals surface area contributed by atoms with Crippen molar-refractivity contribution in [3.8, 4) is 22.4 Å². The number of hydrogen-bond acceptors (Lipinski definition) is 11. The summed E-state index contributed by atoms with van der Waals surface area (Å²) in [6, 6.07) is 5.47. The number of ether oxygens (including phenoxy) is 2. The molecule has 0 radical (unpaired) electrons. The summed E-state index contributed by atoms with van der Waals surface area (Å²) in [5.74, 6) is -1.85. The van der Waals surface area contributed by atoms with Crippen LogP contribution in [0.15, 0.2) is 42.9 Å². The molecular weight excluding hydrogens is 553 g/mol. The van der Waals surface area contributed by atoms with Crippen LogP contribution in [-0.2, 0) is 19.1 Å². The maximum Gasteiger partial charge on any atom is 0.329 e. The average molecular weight is 582 g/mol. The molecular formula is C27H28FN7O5S. The van der Waals surface area contributed by atoms with Gasteiger partial charge in [0, 0.05) is 41.8 Å². The van der Waals surface area contributed by atoms with Gasteiger partial charge < -0.3 is 20.1 Å². The van der Waals surface area contributed by atoms with Gasteiger partial charge in [-0.25, -0.2) is 28.9 Å². The molecule has 4 rings (SSSR count). The summed E-state index contributed by atoms with van der Waals surface area (Å²) in [5, 5.41) is 8.26. The molecule has 0 saturated heterocycles. The largest absolute Gasteiger partial charge is 0.466 e. The zero-order chi connectivity index (χ0) is 29.4. The molecule has 1 atom stereocenters. The summed E-state index contributed by atoms with van der Waals surface area (Å²) in [6.07, 6.45) is 4.11. The van der Waals surface area contributed by atoms with Crippen molar-refractivity contribution in [2.24, 2.45) is 0 Å². The van der Waals surface area contributed by atoms with E-state index in [1.807, 2.05) is 6.07 Å². The highest BCUT2D eigenvalue weighted by Gasteiger charge is 2.25. The Morgan fingerprint density at radius 2 is 1.78 bits per heavy atom. The van der Waals surface area contributed by atoms with E-state index in [0.717, 1.165) is 11.3 Å². The number of anilines is 2. The summed E-state index contributed by atoms with van der Waals surface area (Å²) in [4.78, 5) is 53.6. The van der Waals surface area contributed by atoms with Crippen LogP contribution < -0.4 is 16.0 Å². The van der Waals surface area contributed by atoms with Gasteiger partial charge in [0.25, 0.3) is 0 Å². The molecule has 0 aliphatic rings. The van der Waals surface area contributed by atoms with Crippen LogP contribution in [0.1, 0.15) is 27.2 Å². The van der Waals surface area contributed by atoms with Crippen molar-refractivity contribution in [2.45, 2.75) is 33.2 Å². The first-order valence-electron chi connectivity index (χ1n) is 12.8. The lowest BCUT2D eigenvalue weighted by atomic mass is 10.0. The van der Waals surface area contributed by atoms with E-state index >= 15 is 4.39 Å². The number of amides is 2. The van der Waals surface area contributed by atoms with E-state index in [1.54, 1.807) is 45.2 Å². The number of aromatic nitrogens is 4. The lowest BCUT2D eigenvalue weighted by Gasteiger charge is -2.16. The Morgan fingerprint density at radius 1 is 1.02 bits per heavy atom. The lowest BCUT2D eigenvalue weighted by Crippen LogP contribution is -2.35. The van der Waals surface area contributed by atoms with Crippen molar-refractivity contribution in [3.63, 3.8) is 0 Å². The first-order chi connectivity index (χ1) is 19.8. The number of benzene rings is 1. The van der Waals surface area contributed by atoms with Crippen LogP contribution in [0.4, 0.5) is 20.3 Å². The second-order valence-electron chi connectivity index (χ2n) is 8.44. The first-order valence-corrected chi connectivity index (χ1v) is 13.7. The molecule has 0 bridgehead atoms. The molecule has 0 fully saturated rings. The van der Waals surface area contributed by atoms with Crippen LogP contribution in [0.3, 0.4) is 0 Å². The van der Waals surface area contributed by atoms with Gasteiger partial charge in [-0.05, 0) is 39.0 Å². The number of esters is 2. The molecule has 3 aromatic heterocycles. The highest BCUT2D eigenvalue weighted by molar-refractivity contribution is 7.22. The molecule has 12 nitrogen and oxygen atoms in total. The fourth-order valence-corrected chi connectivity index (χ4v) is 4.83. The quantitative estimate of drug-likeness (QED) is 0.217. The summed E-state index contributed by atoms with van der Waals surface area (Å²) in [7, 11) is 0. The van der Waals surface area contributed by atoms with Crippen LogP contribution in [0.2, 0.25) is 0 Å². The van der Waals surface area contributed by atoms with Gasteiger partial charge in [-0.3, -0.25) is 15.1 Å². The molecule has 1 aromatic carbocycles. The number of carbonyl (C=O) groups is 3. The molecule has 41 heavy (non-hydrogen) atoms. The molecule has 0 saturated carbocycles. The third-order valence-corrected chi connectivity index (χ3v) is 6.62. The predicted molar refractivity (Wildman–Crippen MR) is 152 cm³/mol. The number of pyridine rings is 1. The number of urea groups is 1. The lowest BCUT2D eigenvalue weighted by molar-refractivity contribution is -0.150. The van der Waals surface area contributed by atoms with Gasteiger partial charge in [-0.2, -0.15) is 0 Å². The third-order valence-electron chi connectivity index (χ3n) is 5.62. The Morgan fingerprint density at radius 3 is 2.44 bits per heavy atom. The number of rotatable bonds is 11. The van der Waals surface area contributed by atoms with Crippen LogP contribution in [0.25, 0.3) is 32.6 Å². The van der Waals surface area contributed by atoms with Gasteiger partial charge >= 0.3 is 18.0 Å². The van der Waals surface area contributed by atoms with E-state index in [4.69, 9.17) is 9.47 Å². The molecule has 214 valence electrons. The molecule has 0 spiro atoms. The summed E-state index contributed by atoms with van der Waals surface area (Å²) in [6.45, 7) is 5.80. The van der Waals surface area contributed by atoms with Gasteiger partial charge in [-0.1, -0.05) is 17.4 Å². The normalized spacial score (nSPS) is 11.5. The maximum absolute atomic E-state index is 15.9. The van der Waals surface area contributed by atoms with Gasteiger partial charge in [0.2, 0.25) is 5.95 Å². The van der Waals surface area contributed by atoms with Crippen molar-refractivity contribution in [2.75, 3.05) is 30.4 Å². The highest BCUT2D eigenvalue weighted by atomic mass is 32.1. The zero-order valence-electron chi connectivity index (χ0n) is 22.6. The summed E-state index contributed by atoms with van der Waals surface area (Å²) in [5.41, 5.74) is 1.74. The molecule has 2 amide bonds. The number of fused-ring (bicyclic) bond motifs is 1. The Hall–Kier alpha value is -4.72. The number of halogens is 1. The molecule has 3 N–H and O–H groups in total. The smallest absolute Gasteiger partial charge is 0.329 e. The predicted octanol–water partition coefficient (Wildman–Crippen LogP) is 4.39. The number of thiazole rings is 1. The number of nitrogens with zero attached hydrogens (tertiary/aromatic N) is 4. The Labute approximate surface area is 238 Å². The minimum absolute atomic E-state index is 0.0321. The van der Waals surface area contributed by atoms with Gasteiger partial charge in [-0.15, -0.1) is 0 Å². The minimum atomic E-state index is -1.07. The fraction of sp³-hybridized carbons (Fsp3) is 0.296. The standard InChI is InChI=1S/C27H28FN7O5S/c1-4-29-26(38)35-27-34-22-21(28)16(11-17(23(22)41-27)18-9-7-8-10-30-18)15-13-31-25(32-14-15)33-19(24(37)40-6-3)12-20(36)39-5-2/h7-11,13-14,19H,4-6,12H2,1-3H3,(H,31,32,33)(H2,29,34,35,38). The zero-order valence-corrected chi connectivity index (χ0v) is 23.4. The molecule has 3 heterocycles. The van der Waals surface area contributed by atoms with Gasteiger partial charge in [0.05, 0.1) is 30.0 Å². The summed E-state index contributed by atoms with van der Waals surface area (Å²) < 4.78 is 26.4. The average Bonchev–Trinajstić information content (AvgIpc) is 3.38. The van der Waals surface area contributed by atoms with Crippen LogP contribution in [-0.4, -0.2) is 63.7 Å². The van der Waals surface area contributed by atoms with Crippen molar-refractivity contribution >= 4 is 50.6 Å². The number of hydrogen-bond donors (Lipinski definition) is 3. The van der Waals surface area contributed by atoms with E-state index in [-0.39, 0.29) is 41.8 Å². The van der Waals surface area contributed by atoms with E-state index in [1.165, 1.54) is 12.4 Å². The molecule has 0 aliphatic heterocycles. The van der Waals surface area contributed by atoms with Gasteiger partial charge in [0.1, 0.15) is 11.6 Å². The van der Waals surface area contributed by atoms with Crippen molar-refractivity contribution in [3.05, 3.63) is 48.7 Å². The van der Waals surface area contributed by atoms with Crippen molar-refractivity contribution in [1.29, 1.82) is 0 Å². The third kappa shape index (κ3) is 7.08. The maximum atomic E-state index is 15.9. The van der Waals surface area contributed by atoms with Crippen LogP contribution >= 0.6 is 11.3 Å². The molecule has 14 heteroatoms. The van der Waals surface area contributed by atoms with E-state index < -0.39 is 29.8 Å². The molecule has 1 unspecified atom stereocenters. The monoisotopic (exact) mass is 581 g/mol. The topological polar surface area (TPSA) is 157 Å². The Kier molecular flexibility index (Phi) is 9.68. The second kappa shape index (κ2) is 13.6. The fourth-order valence-electron chi connectivity index (χ4n) is 3.85. The van der Waals surface area contributed by atoms with Crippen molar-refractivity contribution in [1.82, 2.24) is 25.3 Å². The number of carbonyl (C=O) groups excluding carboxylic acids is 3. The van der Waals surface area contributed by atoms with E-state index in [2.05, 4.69) is 35.9 Å². The minimum Gasteiger partial charge on any atom is -0.466 e. The SMILES string of the molecule is CCNC(=O)Nc1nc2c(F)c(-c3cnc(NC(CC(=O)OCC)C(=O)OCC)nc3)cc(-c3ccccn3)c2s1. The summed E-state index contributed by atoms with van der Waals surface area (Å²) >= 11 is 1.13. The Bertz CT molecular complexity index is 1530. The van der Waals surface area contributed by atoms with E-state index in [9.17, 15) is 14.4 Å². The molecule has 4 aromatic rings. The van der Waals surface area contributed by atoms with Gasteiger partial charge in [0.15, 0.2) is 10.9 Å². The second-order valence-corrected chi connectivity index (χ2v) is 9.43. The van der Waals surface area contributed by atoms with Crippen LogP contribution in [0, 0.1) is 5.82 Å². The van der Waals surface area contributed by atoms with Crippen LogP contribution in [0.5, 0.6) is 0 Å². The highest BCUT2D eigenvalue weighted by Crippen LogP contribution is 2.40. The number of nitrogens with one attached hydrogen (secondary N) is 3. The first kappa shape index (κ1) is 29.3. The molecule has 0 aliphatic carbocycles. The Balaban J connectivity index is 1.69. The van der Waals surface area contributed by atoms with E-state index in [0.29, 0.717) is 28.1 Å². The van der Waals surface area contributed by atoms with Crippen molar-refractivity contribution < 1.29 is 28.2 Å².